The van der Waals surface area contributed by atoms with Gasteiger partial charge in [0.05, 0.1) is 0 Å². The second kappa shape index (κ2) is 2.49. The maximum Gasteiger partial charge on any atom is 0.327 e. The molecule has 5 N–H and O–H groups in total. The molecule has 1 aromatic heterocycles. The van der Waals surface area contributed by atoms with Crippen LogP contribution >= 0.6 is 0 Å². The van der Waals surface area contributed by atoms with E-state index in [-0.39, 0.29) is 11.5 Å². The molecule has 1 aromatic rings. The van der Waals surface area contributed by atoms with Crippen molar-refractivity contribution in [3.63, 3.8) is 0 Å². The summed E-state index contributed by atoms with van der Waals surface area (Å²) in [5, 5.41) is 2.55. The SMILES string of the molecule is CNc1c(N)[nH]c(=O)[nH]c1=O. The van der Waals surface area contributed by atoms with Crippen molar-refractivity contribution in [1.82, 2.24) is 9.97 Å². The van der Waals surface area contributed by atoms with Crippen LogP contribution in [0, 0.1) is 0 Å². The lowest BCUT2D eigenvalue weighted by Crippen LogP contribution is -2.26. The molecule has 0 saturated carbocycles. The molecular formula is C5H8N4O2. The lowest BCUT2D eigenvalue weighted by molar-refractivity contribution is 1.04. The Balaban J connectivity index is 3.49. The first-order chi connectivity index (χ1) is 5.15. The van der Waals surface area contributed by atoms with Gasteiger partial charge >= 0.3 is 5.69 Å². The van der Waals surface area contributed by atoms with Crippen molar-refractivity contribution < 1.29 is 0 Å². The smallest absolute Gasteiger partial charge is 0.327 e. The Hall–Kier alpha value is -1.72. The Morgan fingerprint density at radius 1 is 1.36 bits per heavy atom. The van der Waals surface area contributed by atoms with Gasteiger partial charge in [-0.1, -0.05) is 0 Å². The van der Waals surface area contributed by atoms with E-state index in [1.807, 2.05) is 4.98 Å². The van der Waals surface area contributed by atoms with E-state index < -0.39 is 11.2 Å². The highest BCUT2D eigenvalue weighted by atomic mass is 16.2. The number of H-pyrrole nitrogens is 2. The lowest BCUT2D eigenvalue weighted by atomic mass is 10.5. The van der Waals surface area contributed by atoms with Gasteiger partial charge < -0.3 is 11.1 Å². The molecular weight excluding hydrogens is 148 g/mol. The lowest BCUT2D eigenvalue weighted by Gasteiger charge is -1.99. The Morgan fingerprint density at radius 3 is 2.45 bits per heavy atom. The van der Waals surface area contributed by atoms with Crippen LogP contribution in [0.3, 0.4) is 0 Å². The zero-order valence-corrected chi connectivity index (χ0v) is 5.89. The Kier molecular flexibility index (Phi) is 1.67. The van der Waals surface area contributed by atoms with E-state index in [1.165, 1.54) is 0 Å². The molecule has 0 unspecified atom stereocenters. The van der Waals surface area contributed by atoms with E-state index in [2.05, 4.69) is 10.3 Å². The number of rotatable bonds is 1. The zero-order valence-electron chi connectivity index (χ0n) is 5.89. The molecule has 0 spiro atoms. The average molecular weight is 156 g/mol. The van der Waals surface area contributed by atoms with Crippen molar-refractivity contribution in [3.05, 3.63) is 20.8 Å². The quantitative estimate of drug-likeness (QED) is 0.405. The largest absolute Gasteiger partial charge is 0.383 e. The van der Waals surface area contributed by atoms with Gasteiger partial charge in [-0.2, -0.15) is 0 Å². The van der Waals surface area contributed by atoms with Gasteiger partial charge in [-0.25, -0.2) is 4.79 Å². The van der Waals surface area contributed by atoms with Gasteiger partial charge in [0.25, 0.3) is 5.56 Å². The van der Waals surface area contributed by atoms with Crippen LogP contribution in [0.2, 0.25) is 0 Å². The number of anilines is 2. The number of nitrogens with two attached hydrogens (primary N) is 1. The van der Waals surface area contributed by atoms with E-state index in [0.29, 0.717) is 0 Å². The standard InChI is InChI=1S/C5H8N4O2/c1-7-2-3(6)8-5(11)9-4(2)10/h7H,1H3,(H4,6,8,9,10,11). The summed E-state index contributed by atoms with van der Waals surface area (Å²) in [7, 11) is 1.54. The average Bonchev–Trinajstić information content (AvgIpc) is 1.85. The molecule has 0 bridgehead atoms. The molecule has 0 aromatic carbocycles. The molecule has 60 valence electrons. The summed E-state index contributed by atoms with van der Waals surface area (Å²) in [5.74, 6) is 0.0428. The van der Waals surface area contributed by atoms with Gasteiger partial charge in [0.1, 0.15) is 11.5 Å². The molecule has 1 rings (SSSR count). The highest BCUT2D eigenvalue weighted by Gasteiger charge is 2.01. The number of hydrogen-bond donors (Lipinski definition) is 4. The minimum Gasteiger partial charge on any atom is -0.383 e. The molecule has 6 nitrogen and oxygen atoms in total. The minimum absolute atomic E-state index is 0.0428. The van der Waals surface area contributed by atoms with Crippen LogP contribution in [-0.2, 0) is 0 Å². The summed E-state index contributed by atoms with van der Waals surface area (Å²) >= 11 is 0. The Labute approximate surface area is 61.4 Å². The van der Waals surface area contributed by atoms with Crippen molar-refractivity contribution in [2.75, 3.05) is 18.1 Å². The third kappa shape index (κ3) is 1.23. The molecule has 1 heterocycles. The number of aromatic nitrogens is 2. The van der Waals surface area contributed by atoms with Crippen LogP contribution in [0.1, 0.15) is 0 Å². The van der Waals surface area contributed by atoms with Crippen molar-refractivity contribution in [3.8, 4) is 0 Å². The van der Waals surface area contributed by atoms with Gasteiger partial charge in [-0.15, -0.1) is 0 Å². The summed E-state index contributed by atoms with van der Waals surface area (Å²) in [6, 6.07) is 0. The van der Waals surface area contributed by atoms with Crippen molar-refractivity contribution in [1.29, 1.82) is 0 Å². The monoisotopic (exact) mass is 156 g/mol. The summed E-state index contributed by atoms with van der Waals surface area (Å²) in [6.45, 7) is 0. The van der Waals surface area contributed by atoms with Crippen LogP contribution < -0.4 is 22.3 Å². The molecule has 6 heteroatoms. The summed E-state index contributed by atoms with van der Waals surface area (Å²) in [6.07, 6.45) is 0. The van der Waals surface area contributed by atoms with Crippen LogP contribution in [0.25, 0.3) is 0 Å². The van der Waals surface area contributed by atoms with Crippen LogP contribution in [0.5, 0.6) is 0 Å². The molecule has 0 aliphatic heterocycles. The third-order valence-corrected chi connectivity index (χ3v) is 1.22. The predicted molar refractivity (Wildman–Crippen MR) is 41.6 cm³/mol. The van der Waals surface area contributed by atoms with E-state index in [0.717, 1.165) is 0 Å². The number of nitrogen functional groups attached to an aromatic ring is 1. The first-order valence-electron chi connectivity index (χ1n) is 2.95. The van der Waals surface area contributed by atoms with E-state index in [9.17, 15) is 9.59 Å². The fourth-order valence-electron chi connectivity index (χ4n) is 0.752. The molecule has 0 radical (unpaired) electrons. The normalized spacial score (nSPS) is 9.55. The highest BCUT2D eigenvalue weighted by molar-refractivity contribution is 5.58. The van der Waals surface area contributed by atoms with Crippen LogP contribution in [0.4, 0.5) is 11.5 Å². The number of aromatic amines is 2. The maximum absolute atomic E-state index is 10.9. The van der Waals surface area contributed by atoms with Crippen molar-refractivity contribution >= 4 is 11.5 Å². The van der Waals surface area contributed by atoms with Gasteiger partial charge in [0.15, 0.2) is 0 Å². The molecule has 0 fully saturated rings. The number of hydrogen-bond acceptors (Lipinski definition) is 4. The molecule has 0 aliphatic rings. The molecule has 0 aliphatic carbocycles. The van der Waals surface area contributed by atoms with Crippen LogP contribution in [-0.4, -0.2) is 17.0 Å². The topological polar surface area (TPSA) is 104 Å². The molecule has 0 amide bonds. The van der Waals surface area contributed by atoms with Gasteiger partial charge in [0, 0.05) is 7.05 Å². The fraction of sp³-hybridized carbons (Fsp3) is 0.200. The summed E-state index contributed by atoms with van der Waals surface area (Å²) in [5.41, 5.74) is 4.34. The molecule has 11 heavy (non-hydrogen) atoms. The van der Waals surface area contributed by atoms with E-state index in [1.54, 1.807) is 7.05 Å². The summed E-state index contributed by atoms with van der Waals surface area (Å²) in [4.78, 5) is 25.7. The van der Waals surface area contributed by atoms with Crippen molar-refractivity contribution in [2.24, 2.45) is 0 Å². The Morgan fingerprint density at radius 2 is 2.00 bits per heavy atom. The van der Waals surface area contributed by atoms with E-state index >= 15 is 0 Å². The van der Waals surface area contributed by atoms with Crippen molar-refractivity contribution in [2.45, 2.75) is 0 Å². The maximum atomic E-state index is 10.9. The second-order valence-electron chi connectivity index (χ2n) is 1.95. The van der Waals surface area contributed by atoms with Gasteiger partial charge in [-0.3, -0.25) is 14.8 Å². The van der Waals surface area contributed by atoms with Gasteiger partial charge in [0.2, 0.25) is 0 Å². The second-order valence-corrected chi connectivity index (χ2v) is 1.95. The first-order valence-corrected chi connectivity index (χ1v) is 2.95. The zero-order chi connectivity index (χ0) is 8.43. The summed E-state index contributed by atoms with van der Waals surface area (Å²) < 4.78 is 0. The minimum atomic E-state index is -0.605. The molecule has 0 atom stereocenters. The first kappa shape index (κ1) is 7.39. The third-order valence-electron chi connectivity index (χ3n) is 1.22. The predicted octanol–water partition coefficient (Wildman–Crippen LogP) is -1.31. The van der Waals surface area contributed by atoms with Crippen LogP contribution in [0.15, 0.2) is 9.59 Å². The van der Waals surface area contributed by atoms with E-state index in [4.69, 9.17) is 5.73 Å². The Bertz CT molecular complexity index is 363. The highest BCUT2D eigenvalue weighted by Crippen LogP contribution is 2.02. The number of nitrogens with one attached hydrogen (secondary N) is 3. The molecule has 0 saturated heterocycles. The fourth-order valence-corrected chi connectivity index (χ4v) is 0.752. The van der Waals surface area contributed by atoms with Gasteiger partial charge in [-0.05, 0) is 0 Å².